The fourth-order valence-corrected chi connectivity index (χ4v) is 5.23. The van der Waals surface area contributed by atoms with Crippen LogP contribution in [0.1, 0.15) is 24.5 Å². The number of carbonyl (C=O) groups excluding carboxylic acids is 2. The van der Waals surface area contributed by atoms with Crippen LogP contribution in [-0.4, -0.2) is 46.0 Å². The van der Waals surface area contributed by atoms with Crippen LogP contribution in [0.2, 0.25) is 0 Å². The van der Waals surface area contributed by atoms with E-state index in [1.807, 2.05) is 49.4 Å². The van der Waals surface area contributed by atoms with E-state index in [0.717, 1.165) is 17.3 Å². The van der Waals surface area contributed by atoms with Crippen LogP contribution in [0.25, 0.3) is 11.3 Å². The third-order valence-electron chi connectivity index (χ3n) is 5.17. The molecule has 1 aromatic heterocycles. The first kappa shape index (κ1) is 27.0. The SMILES string of the molecule is CC[C@H](Sc1nc(-c2ccccc2)c(C#N)c(=O)[nH]1)C(=O)N[C@@H](CSCc1ccccc1)C(=O)OC. The summed E-state index contributed by atoms with van der Waals surface area (Å²) < 4.78 is 4.89. The number of nitriles is 1. The fourth-order valence-electron chi connectivity index (χ4n) is 3.32. The predicted octanol–water partition coefficient (Wildman–Crippen LogP) is 3.77. The molecule has 0 spiro atoms. The Labute approximate surface area is 217 Å². The number of methoxy groups -OCH3 is 1. The molecular formula is C26H26N4O4S2. The zero-order valence-electron chi connectivity index (χ0n) is 19.9. The molecule has 0 saturated carbocycles. The van der Waals surface area contributed by atoms with Gasteiger partial charge in [0.25, 0.3) is 5.56 Å². The Balaban J connectivity index is 1.73. The van der Waals surface area contributed by atoms with Crippen LogP contribution in [0, 0.1) is 11.3 Å². The molecule has 0 radical (unpaired) electrons. The third-order valence-corrected chi connectivity index (χ3v) is 7.53. The molecule has 0 aliphatic carbocycles. The second kappa shape index (κ2) is 13.5. The van der Waals surface area contributed by atoms with Crippen molar-refractivity contribution < 1.29 is 14.3 Å². The summed E-state index contributed by atoms with van der Waals surface area (Å²) in [6, 6.07) is 19.8. The van der Waals surface area contributed by atoms with E-state index in [1.165, 1.54) is 18.9 Å². The first-order chi connectivity index (χ1) is 17.5. The van der Waals surface area contributed by atoms with E-state index in [1.54, 1.807) is 24.3 Å². The molecule has 0 aliphatic heterocycles. The van der Waals surface area contributed by atoms with Gasteiger partial charge in [0.2, 0.25) is 5.91 Å². The highest BCUT2D eigenvalue weighted by Crippen LogP contribution is 2.26. The monoisotopic (exact) mass is 522 g/mol. The molecule has 0 saturated heterocycles. The van der Waals surface area contributed by atoms with Gasteiger partial charge in [-0.25, -0.2) is 9.78 Å². The van der Waals surface area contributed by atoms with E-state index in [0.29, 0.717) is 23.5 Å². The third kappa shape index (κ3) is 7.23. The molecule has 0 aliphatic rings. The van der Waals surface area contributed by atoms with Gasteiger partial charge in [-0.15, -0.1) is 0 Å². The van der Waals surface area contributed by atoms with Crippen molar-refractivity contribution in [2.45, 2.75) is 35.5 Å². The fraction of sp³-hybridized carbons (Fsp3) is 0.269. The summed E-state index contributed by atoms with van der Waals surface area (Å²) in [5.41, 5.74) is 1.33. The highest BCUT2D eigenvalue weighted by molar-refractivity contribution is 8.00. The Hall–Kier alpha value is -3.55. The van der Waals surface area contributed by atoms with E-state index in [9.17, 15) is 19.6 Å². The van der Waals surface area contributed by atoms with Crippen molar-refractivity contribution in [3.8, 4) is 17.3 Å². The lowest BCUT2D eigenvalue weighted by Gasteiger charge is -2.20. The summed E-state index contributed by atoms with van der Waals surface area (Å²) in [6.07, 6.45) is 0.423. The van der Waals surface area contributed by atoms with Crippen LogP contribution < -0.4 is 10.9 Å². The topological polar surface area (TPSA) is 125 Å². The largest absolute Gasteiger partial charge is 0.467 e. The minimum atomic E-state index is -0.821. The Morgan fingerprint density at radius 1 is 1.14 bits per heavy atom. The van der Waals surface area contributed by atoms with Gasteiger partial charge in [-0.05, 0) is 12.0 Å². The molecule has 8 nitrogen and oxygen atoms in total. The molecule has 2 aromatic carbocycles. The summed E-state index contributed by atoms with van der Waals surface area (Å²) in [6.45, 7) is 1.83. The van der Waals surface area contributed by atoms with Crippen molar-refractivity contribution in [3.05, 3.63) is 82.1 Å². The van der Waals surface area contributed by atoms with Gasteiger partial charge in [-0.2, -0.15) is 17.0 Å². The van der Waals surface area contributed by atoms with Gasteiger partial charge in [0, 0.05) is 17.1 Å². The molecule has 1 amide bonds. The van der Waals surface area contributed by atoms with E-state index in [4.69, 9.17) is 4.74 Å². The molecule has 2 N–H and O–H groups in total. The standard InChI is InChI=1S/C26H26N4O4S2/c1-3-21(24(32)28-20(25(33)34-2)16-35-15-17-10-6-4-7-11-17)36-26-29-22(18-12-8-5-9-13-18)19(14-27)23(31)30-26/h4-13,20-21H,3,15-16H2,1-2H3,(H,28,32)(H,29,30,31)/t20-,21-/m0/s1. The number of hydrogen-bond acceptors (Lipinski definition) is 8. The van der Waals surface area contributed by atoms with E-state index in [2.05, 4.69) is 15.3 Å². The summed E-state index contributed by atoms with van der Waals surface area (Å²) in [7, 11) is 1.28. The number of H-pyrrole nitrogens is 1. The second-order valence-corrected chi connectivity index (χ2v) is 9.89. The zero-order valence-corrected chi connectivity index (χ0v) is 21.5. The molecule has 2 atom stereocenters. The van der Waals surface area contributed by atoms with Crippen LogP contribution in [-0.2, 0) is 20.1 Å². The second-order valence-electron chi connectivity index (χ2n) is 7.67. The molecule has 3 aromatic rings. The van der Waals surface area contributed by atoms with Crippen molar-refractivity contribution in [1.82, 2.24) is 15.3 Å². The molecule has 36 heavy (non-hydrogen) atoms. The summed E-state index contributed by atoms with van der Waals surface area (Å²) in [5, 5.41) is 11.8. The number of hydrogen-bond donors (Lipinski definition) is 2. The number of nitrogens with zero attached hydrogens (tertiary/aromatic N) is 2. The van der Waals surface area contributed by atoms with Crippen molar-refractivity contribution in [2.75, 3.05) is 12.9 Å². The number of thioether (sulfide) groups is 2. The van der Waals surface area contributed by atoms with Gasteiger partial charge in [-0.3, -0.25) is 9.59 Å². The molecule has 0 unspecified atom stereocenters. The van der Waals surface area contributed by atoms with E-state index >= 15 is 0 Å². The number of benzene rings is 2. The first-order valence-electron chi connectivity index (χ1n) is 11.2. The average molecular weight is 523 g/mol. The number of carbonyl (C=O) groups is 2. The number of ether oxygens (including phenoxy) is 1. The normalized spacial score (nSPS) is 12.2. The average Bonchev–Trinajstić information content (AvgIpc) is 2.91. The number of aromatic amines is 1. The Morgan fingerprint density at radius 3 is 2.42 bits per heavy atom. The summed E-state index contributed by atoms with van der Waals surface area (Å²) in [4.78, 5) is 45.0. The molecule has 0 bridgehead atoms. The van der Waals surface area contributed by atoms with Gasteiger partial charge in [0.1, 0.15) is 17.7 Å². The van der Waals surface area contributed by atoms with Crippen LogP contribution in [0.3, 0.4) is 0 Å². The molecule has 10 heteroatoms. The maximum atomic E-state index is 13.1. The molecule has 3 rings (SSSR count). The number of amides is 1. The smallest absolute Gasteiger partial charge is 0.329 e. The van der Waals surface area contributed by atoms with Crippen molar-refractivity contribution in [3.63, 3.8) is 0 Å². The quantitative estimate of drug-likeness (QED) is 0.222. The predicted molar refractivity (Wildman–Crippen MR) is 141 cm³/mol. The maximum absolute atomic E-state index is 13.1. The van der Waals surface area contributed by atoms with E-state index in [-0.39, 0.29) is 22.3 Å². The van der Waals surface area contributed by atoms with Gasteiger partial charge in [0.05, 0.1) is 18.1 Å². The molecular weight excluding hydrogens is 496 g/mol. The Bertz CT molecular complexity index is 1280. The van der Waals surface area contributed by atoms with Gasteiger partial charge in [0.15, 0.2) is 5.16 Å². The van der Waals surface area contributed by atoms with Crippen molar-refractivity contribution >= 4 is 35.4 Å². The maximum Gasteiger partial charge on any atom is 0.329 e. The minimum absolute atomic E-state index is 0.0933. The number of esters is 1. The van der Waals surface area contributed by atoms with E-state index < -0.39 is 22.8 Å². The molecule has 186 valence electrons. The lowest BCUT2D eigenvalue weighted by molar-refractivity contribution is -0.144. The lowest BCUT2D eigenvalue weighted by Crippen LogP contribution is -2.46. The van der Waals surface area contributed by atoms with Crippen molar-refractivity contribution in [1.29, 1.82) is 5.26 Å². The summed E-state index contributed by atoms with van der Waals surface area (Å²) in [5.74, 6) is 0.138. The number of rotatable bonds is 11. The van der Waals surface area contributed by atoms with Gasteiger partial charge < -0.3 is 15.0 Å². The highest BCUT2D eigenvalue weighted by atomic mass is 32.2. The van der Waals surface area contributed by atoms with Crippen LogP contribution >= 0.6 is 23.5 Å². The van der Waals surface area contributed by atoms with Crippen molar-refractivity contribution in [2.24, 2.45) is 0 Å². The lowest BCUT2D eigenvalue weighted by atomic mass is 10.1. The minimum Gasteiger partial charge on any atom is -0.467 e. The Morgan fingerprint density at radius 2 is 1.81 bits per heavy atom. The van der Waals surface area contributed by atoms with Crippen LogP contribution in [0.15, 0.2) is 70.6 Å². The van der Waals surface area contributed by atoms with Crippen LogP contribution in [0.5, 0.6) is 0 Å². The highest BCUT2D eigenvalue weighted by Gasteiger charge is 2.27. The Kier molecular flexibility index (Phi) is 10.2. The van der Waals surface area contributed by atoms with Gasteiger partial charge in [-0.1, -0.05) is 79.3 Å². The zero-order chi connectivity index (χ0) is 25.9. The van der Waals surface area contributed by atoms with Crippen LogP contribution in [0.4, 0.5) is 0 Å². The first-order valence-corrected chi connectivity index (χ1v) is 13.3. The summed E-state index contributed by atoms with van der Waals surface area (Å²) >= 11 is 2.59. The van der Waals surface area contributed by atoms with Gasteiger partial charge >= 0.3 is 5.97 Å². The molecule has 0 fully saturated rings. The number of nitrogens with one attached hydrogen (secondary N) is 2. The number of aromatic nitrogens is 2. The molecule has 1 heterocycles.